The Morgan fingerprint density at radius 3 is 2.48 bits per heavy atom. The minimum Gasteiger partial charge on any atom is -0.325 e. The van der Waals surface area contributed by atoms with Crippen LogP contribution in [-0.4, -0.2) is 27.8 Å². The molecule has 0 radical (unpaired) electrons. The minimum absolute atomic E-state index is 0.0994. The number of nitrogens with zero attached hydrogens (tertiary/aromatic N) is 2. The third-order valence-corrected chi connectivity index (χ3v) is 4.35. The molecular weight excluding hydrogens is 336 g/mol. The Bertz CT molecular complexity index is 760. The van der Waals surface area contributed by atoms with Crippen LogP contribution in [0.4, 0.5) is 11.5 Å². The fourth-order valence-electron chi connectivity index (χ4n) is 1.93. The highest BCUT2D eigenvalue weighted by Gasteiger charge is 2.10. The van der Waals surface area contributed by atoms with Gasteiger partial charge in [-0.2, -0.15) is 0 Å². The molecule has 0 aliphatic carbocycles. The van der Waals surface area contributed by atoms with Crippen molar-refractivity contribution in [2.45, 2.75) is 32.7 Å². The maximum atomic E-state index is 12.1. The Morgan fingerprint density at radius 2 is 1.84 bits per heavy atom. The van der Waals surface area contributed by atoms with E-state index in [0.717, 1.165) is 16.8 Å². The zero-order valence-electron chi connectivity index (χ0n) is 14.8. The van der Waals surface area contributed by atoms with Gasteiger partial charge in [0.2, 0.25) is 11.8 Å². The molecule has 2 N–H and O–H groups in total. The standard InChI is InChI=1S/C18H22N4O2S/c1-11(2)18(24)20-15-7-8-17(22-21-15)25-10-16(23)19-14-9-12(3)5-6-13(14)4/h5-9,11H,10H2,1-4H3,(H,19,23)(H,20,21,24). The van der Waals surface area contributed by atoms with Crippen molar-refractivity contribution in [3.8, 4) is 0 Å². The molecule has 0 aliphatic rings. The van der Waals surface area contributed by atoms with Gasteiger partial charge in [0.15, 0.2) is 5.82 Å². The molecule has 1 aromatic carbocycles. The molecule has 1 heterocycles. The summed E-state index contributed by atoms with van der Waals surface area (Å²) in [4.78, 5) is 23.7. The highest BCUT2D eigenvalue weighted by Crippen LogP contribution is 2.19. The van der Waals surface area contributed by atoms with Crippen LogP contribution in [0.1, 0.15) is 25.0 Å². The topological polar surface area (TPSA) is 84.0 Å². The van der Waals surface area contributed by atoms with E-state index in [4.69, 9.17) is 0 Å². The third-order valence-electron chi connectivity index (χ3n) is 3.43. The monoisotopic (exact) mass is 358 g/mol. The summed E-state index contributed by atoms with van der Waals surface area (Å²) in [6, 6.07) is 9.35. The second-order valence-corrected chi connectivity index (χ2v) is 7.05. The molecule has 132 valence electrons. The van der Waals surface area contributed by atoms with E-state index >= 15 is 0 Å². The van der Waals surface area contributed by atoms with Gasteiger partial charge < -0.3 is 10.6 Å². The number of aryl methyl sites for hydroxylation is 2. The molecule has 0 bridgehead atoms. The lowest BCUT2D eigenvalue weighted by molar-refractivity contribution is -0.119. The molecule has 7 heteroatoms. The van der Waals surface area contributed by atoms with E-state index < -0.39 is 0 Å². The van der Waals surface area contributed by atoms with Crippen LogP contribution in [0.2, 0.25) is 0 Å². The van der Waals surface area contributed by atoms with Gasteiger partial charge in [-0.25, -0.2) is 0 Å². The number of aromatic nitrogens is 2. The number of hydrogen-bond acceptors (Lipinski definition) is 5. The van der Waals surface area contributed by atoms with E-state index in [2.05, 4.69) is 20.8 Å². The SMILES string of the molecule is Cc1ccc(C)c(NC(=O)CSc2ccc(NC(=O)C(C)C)nn2)c1. The number of nitrogens with one attached hydrogen (secondary N) is 2. The van der Waals surface area contributed by atoms with Crippen LogP contribution in [0.25, 0.3) is 0 Å². The van der Waals surface area contributed by atoms with Crippen LogP contribution in [0.3, 0.4) is 0 Å². The van der Waals surface area contributed by atoms with Crippen molar-refractivity contribution >= 4 is 35.1 Å². The average Bonchev–Trinajstić information content (AvgIpc) is 2.57. The van der Waals surface area contributed by atoms with E-state index in [-0.39, 0.29) is 23.5 Å². The summed E-state index contributed by atoms with van der Waals surface area (Å²) in [5.41, 5.74) is 2.94. The number of benzene rings is 1. The first-order chi connectivity index (χ1) is 11.8. The molecular formula is C18H22N4O2S. The Kier molecular flexibility index (Phi) is 6.52. The summed E-state index contributed by atoms with van der Waals surface area (Å²) >= 11 is 1.29. The number of thioether (sulfide) groups is 1. The molecule has 0 unspecified atom stereocenters. The molecule has 0 saturated heterocycles. The van der Waals surface area contributed by atoms with E-state index in [1.54, 1.807) is 12.1 Å². The molecule has 2 aromatic rings. The predicted octanol–water partition coefficient (Wildman–Crippen LogP) is 3.42. The Morgan fingerprint density at radius 1 is 1.08 bits per heavy atom. The van der Waals surface area contributed by atoms with Gasteiger partial charge in [0.05, 0.1) is 5.75 Å². The van der Waals surface area contributed by atoms with Crippen molar-refractivity contribution in [1.29, 1.82) is 0 Å². The Balaban J connectivity index is 1.87. The predicted molar refractivity (Wildman–Crippen MR) is 101 cm³/mol. The molecule has 0 saturated carbocycles. The third kappa shape index (κ3) is 5.86. The van der Waals surface area contributed by atoms with Crippen molar-refractivity contribution in [1.82, 2.24) is 10.2 Å². The Labute approximate surface area is 151 Å². The number of rotatable bonds is 6. The van der Waals surface area contributed by atoms with E-state index in [9.17, 15) is 9.59 Å². The molecule has 6 nitrogen and oxygen atoms in total. The lowest BCUT2D eigenvalue weighted by atomic mass is 10.1. The number of hydrogen-bond donors (Lipinski definition) is 2. The number of anilines is 2. The molecule has 0 aliphatic heterocycles. The second-order valence-electron chi connectivity index (χ2n) is 6.06. The normalized spacial score (nSPS) is 10.6. The lowest BCUT2D eigenvalue weighted by Gasteiger charge is -2.09. The second kappa shape index (κ2) is 8.62. The number of carbonyl (C=O) groups is 2. The van der Waals surface area contributed by atoms with E-state index in [1.165, 1.54) is 11.8 Å². The fourth-order valence-corrected chi connectivity index (χ4v) is 2.54. The highest BCUT2D eigenvalue weighted by atomic mass is 32.2. The summed E-state index contributed by atoms with van der Waals surface area (Å²) in [6.07, 6.45) is 0. The zero-order chi connectivity index (χ0) is 18.4. The van der Waals surface area contributed by atoms with Gasteiger partial charge in [0.1, 0.15) is 5.03 Å². The molecule has 0 spiro atoms. The lowest BCUT2D eigenvalue weighted by Crippen LogP contribution is -2.18. The van der Waals surface area contributed by atoms with Crippen LogP contribution < -0.4 is 10.6 Å². The Hall–Kier alpha value is -2.41. The van der Waals surface area contributed by atoms with E-state index in [0.29, 0.717) is 10.8 Å². The van der Waals surface area contributed by atoms with Crippen LogP contribution in [0.15, 0.2) is 35.4 Å². The first-order valence-corrected chi connectivity index (χ1v) is 8.98. The largest absolute Gasteiger partial charge is 0.325 e. The van der Waals surface area contributed by atoms with Crippen LogP contribution in [0.5, 0.6) is 0 Å². The maximum absolute atomic E-state index is 12.1. The fraction of sp³-hybridized carbons (Fsp3) is 0.333. The first-order valence-electron chi connectivity index (χ1n) is 7.99. The van der Waals surface area contributed by atoms with Gasteiger partial charge in [-0.05, 0) is 43.2 Å². The van der Waals surface area contributed by atoms with Gasteiger partial charge in [-0.1, -0.05) is 37.7 Å². The first kappa shape index (κ1) is 18.9. The van der Waals surface area contributed by atoms with Gasteiger partial charge in [-0.15, -0.1) is 10.2 Å². The molecule has 25 heavy (non-hydrogen) atoms. The molecule has 2 amide bonds. The van der Waals surface area contributed by atoms with Crippen LogP contribution >= 0.6 is 11.8 Å². The van der Waals surface area contributed by atoms with E-state index in [1.807, 2.05) is 45.9 Å². The van der Waals surface area contributed by atoms with Crippen molar-refractivity contribution in [2.75, 3.05) is 16.4 Å². The summed E-state index contributed by atoms with van der Waals surface area (Å²) < 4.78 is 0. The van der Waals surface area contributed by atoms with Crippen molar-refractivity contribution < 1.29 is 9.59 Å². The van der Waals surface area contributed by atoms with Gasteiger partial charge >= 0.3 is 0 Å². The van der Waals surface area contributed by atoms with Gasteiger partial charge in [0.25, 0.3) is 0 Å². The van der Waals surface area contributed by atoms with Gasteiger partial charge in [0, 0.05) is 11.6 Å². The van der Waals surface area contributed by atoms with Crippen molar-refractivity contribution in [3.05, 3.63) is 41.5 Å². The molecule has 2 rings (SSSR count). The summed E-state index contributed by atoms with van der Waals surface area (Å²) in [6.45, 7) is 7.56. The summed E-state index contributed by atoms with van der Waals surface area (Å²) in [7, 11) is 0. The summed E-state index contributed by atoms with van der Waals surface area (Å²) in [5.74, 6) is 0.313. The van der Waals surface area contributed by atoms with Crippen molar-refractivity contribution in [2.24, 2.45) is 5.92 Å². The summed E-state index contributed by atoms with van der Waals surface area (Å²) in [5, 5.41) is 14.2. The minimum atomic E-state index is -0.121. The van der Waals surface area contributed by atoms with Crippen molar-refractivity contribution in [3.63, 3.8) is 0 Å². The van der Waals surface area contributed by atoms with Gasteiger partial charge in [-0.3, -0.25) is 9.59 Å². The molecule has 0 atom stereocenters. The highest BCUT2D eigenvalue weighted by molar-refractivity contribution is 7.99. The molecule has 0 fully saturated rings. The van der Waals surface area contributed by atoms with Crippen LogP contribution in [0, 0.1) is 19.8 Å². The number of carbonyl (C=O) groups excluding carboxylic acids is 2. The average molecular weight is 358 g/mol. The smallest absolute Gasteiger partial charge is 0.234 e. The quantitative estimate of drug-likeness (QED) is 0.773. The van der Waals surface area contributed by atoms with Crippen LogP contribution in [-0.2, 0) is 9.59 Å². The molecule has 1 aromatic heterocycles. The zero-order valence-corrected chi connectivity index (χ0v) is 15.6. The maximum Gasteiger partial charge on any atom is 0.234 e. The number of amides is 2.